The fourth-order valence-electron chi connectivity index (χ4n) is 2.74. The molecule has 16 nitrogen and oxygen atoms in total. The number of aromatic carboxylic acids is 2. The van der Waals surface area contributed by atoms with E-state index in [0.717, 1.165) is 0 Å². The first-order valence-corrected chi connectivity index (χ1v) is 10.8. The van der Waals surface area contributed by atoms with E-state index in [2.05, 4.69) is 0 Å². The van der Waals surface area contributed by atoms with E-state index in [1.165, 1.54) is 0 Å². The monoisotopic (exact) mass is 488 g/mol. The van der Waals surface area contributed by atoms with Crippen molar-refractivity contribution in [3.8, 4) is 0 Å². The molecule has 1 aliphatic rings. The molecule has 0 radical (unpaired) electrons. The lowest BCUT2D eigenvalue weighted by atomic mass is 10.1. The van der Waals surface area contributed by atoms with Gasteiger partial charge in [0, 0.05) is 12.1 Å². The summed E-state index contributed by atoms with van der Waals surface area (Å²) in [4.78, 5) is 40.4. The van der Waals surface area contributed by atoms with Crippen LogP contribution >= 0.6 is 0 Å². The van der Waals surface area contributed by atoms with Crippen LogP contribution < -0.4 is 9.44 Å². The van der Waals surface area contributed by atoms with Gasteiger partial charge in [-0.25, -0.2) is 26.4 Å². The number of carboxylic acids is 2. The summed E-state index contributed by atoms with van der Waals surface area (Å²) in [5, 5.41) is 41.0. The van der Waals surface area contributed by atoms with E-state index in [0.29, 0.717) is 24.3 Å². The van der Waals surface area contributed by atoms with Gasteiger partial charge in [0.2, 0.25) is 0 Å². The Kier molecular flexibility index (Phi) is 4.98. The van der Waals surface area contributed by atoms with Gasteiger partial charge in [-0.05, 0) is 12.1 Å². The van der Waals surface area contributed by atoms with Crippen LogP contribution in [0.15, 0.2) is 34.1 Å². The number of nitrogens with one attached hydrogen (secondary N) is 2. The molecule has 3 rings (SSSR count). The zero-order chi connectivity index (χ0) is 24.2. The molecular weight excluding hydrogens is 480 g/mol. The van der Waals surface area contributed by atoms with E-state index >= 15 is 0 Å². The normalized spacial score (nSPS) is 15.5. The Morgan fingerprint density at radius 3 is 1.28 bits per heavy atom. The molecule has 1 aliphatic heterocycles. The Morgan fingerprint density at radius 1 is 0.719 bits per heavy atom. The van der Waals surface area contributed by atoms with Gasteiger partial charge in [0.05, 0.1) is 21.0 Å². The number of fused-ring (bicyclic) bond motifs is 2. The summed E-state index contributed by atoms with van der Waals surface area (Å²) in [6.07, 6.45) is 0. The van der Waals surface area contributed by atoms with Gasteiger partial charge < -0.3 is 10.2 Å². The highest BCUT2D eigenvalue weighted by Crippen LogP contribution is 2.42. The van der Waals surface area contributed by atoms with Gasteiger partial charge in [0.1, 0.15) is 21.2 Å². The largest absolute Gasteiger partial charge is 0.478 e. The van der Waals surface area contributed by atoms with E-state index < -0.39 is 85.5 Å². The fraction of sp³-hybridized carbons (Fsp3) is 0. The van der Waals surface area contributed by atoms with Crippen LogP contribution in [0.1, 0.15) is 20.7 Å². The summed E-state index contributed by atoms with van der Waals surface area (Å²) in [6, 6.07) is 1.63. The molecule has 32 heavy (non-hydrogen) atoms. The summed E-state index contributed by atoms with van der Waals surface area (Å²) >= 11 is 0. The number of carbonyl (C=O) groups is 2. The van der Waals surface area contributed by atoms with Crippen LogP contribution in [0.25, 0.3) is 0 Å². The molecule has 0 aliphatic carbocycles. The van der Waals surface area contributed by atoms with Crippen molar-refractivity contribution in [2.24, 2.45) is 0 Å². The molecule has 0 saturated carbocycles. The number of anilines is 2. The first-order valence-electron chi connectivity index (χ1n) is 7.83. The molecule has 2 aromatic rings. The van der Waals surface area contributed by atoms with Crippen LogP contribution in [0.4, 0.5) is 22.7 Å². The number of rotatable bonds is 4. The van der Waals surface area contributed by atoms with E-state index in [1.54, 1.807) is 9.44 Å². The van der Waals surface area contributed by atoms with Crippen molar-refractivity contribution in [3.63, 3.8) is 0 Å². The zero-order valence-corrected chi connectivity index (χ0v) is 16.6. The third-order valence-corrected chi connectivity index (χ3v) is 6.85. The minimum atomic E-state index is -5.06. The molecule has 0 amide bonds. The number of nitro benzene ring substituents is 2. The van der Waals surface area contributed by atoms with Crippen LogP contribution in [0.5, 0.6) is 0 Å². The summed E-state index contributed by atoms with van der Waals surface area (Å²) in [5.74, 6) is -3.57. The summed E-state index contributed by atoms with van der Waals surface area (Å²) in [6.45, 7) is 0. The second kappa shape index (κ2) is 7.13. The average molecular weight is 488 g/mol. The molecule has 0 fully saturated rings. The van der Waals surface area contributed by atoms with Gasteiger partial charge in [0.25, 0.3) is 31.4 Å². The highest BCUT2D eigenvalue weighted by Gasteiger charge is 2.39. The predicted octanol–water partition coefficient (Wildman–Crippen LogP) is 0.814. The Bertz CT molecular complexity index is 1350. The second-order valence-corrected chi connectivity index (χ2v) is 9.37. The van der Waals surface area contributed by atoms with Crippen molar-refractivity contribution in [1.29, 1.82) is 0 Å². The first kappa shape index (κ1) is 22.4. The van der Waals surface area contributed by atoms with Crippen LogP contribution in [0.3, 0.4) is 0 Å². The van der Waals surface area contributed by atoms with Gasteiger partial charge in [0.15, 0.2) is 0 Å². The first-order chi connectivity index (χ1) is 14.7. The Morgan fingerprint density at radius 2 is 1.03 bits per heavy atom. The minimum absolute atomic E-state index is 0.401. The van der Waals surface area contributed by atoms with Crippen molar-refractivity contribution in [1.82, 2.24) is 0 Å². The number of nitrogens with zero attached hydrogens (tertiary/aromatic N) is 2. The molecule has 18 heteroatoms. The highest BCUT2D eigenvalue weighted by molar-refractivity contribution is 7.95. The topological polar surface area (TPSA) is 253 Å². The van der Waals surface area contributed by atoms with Gasteiger partial charge in [-0.15, -0.1) is 0 Å². The van der Waals surface area contributed by atoms with Crippen molar-refractivity contribution < 1.29 is 46.5 Å². The Balaban J connectivity index is 2.49. The Hall–Kier alpha value is -4.32. The SMILES string of the molecule is O=C(O)c1cc([N+](=O)[O-])c2c(c1)S(=O)(=O)Nc1c([N+](=O)[O-])cc(C(=O)O)cc1S(=O)(=O)N2. The van der Waals surface area contributed by atoms with Crippen LogP contribution in [0.2, 0.25) is 0 Å². The van der Waals surface area contributed by atoms with Gasteiger partial charge >= 0.3 is 11.9 Å². The molecule has 4 N–H and O–H groups in total. The molecule has 1 heterocycles. The number of hydrogen-bond acceptors (Lipinski definition) is 10. The van der Waals surface area contributed by atoms with Gasteiger partial charge in [-0.1, -0.05) is 0 Å². The zero-order valence-electron chi connectivity index (χ0n) is 15.0. The summed E-state index contributed by atoms with van der Waals surface area (Å²) in [5.41, 5.74) is -6.58. The molecule has 0 atom stereocenters. The highest BCUT2D eigenvalue weighted by atomic mass is 32.2. The van der Waals surface area contributed by atoms with Crippen LogP contribution in [-0.2, 0) is 20.0 Å². The van der Waals surface area contributed by atoms with E-state index in [9.17, 15) is 46.7 Å². The molecule has 2 aromatic carbocycles. The summed E-state index contributed by atoms with van der Waals surface area (Å²) < 4.78 is 54.7. The maximum atomic E-state index is 12.9. The molecule has 0 bridgehead atoms. The molecule has 0 aromatic heterocycles. The smallest absolute Gasteiger partial charge is 0.335 e. The van der Waals surface area contributed by atoms with Gasteiger partial charge in [-0.3, -0.25) is 29.7 Å². The predicted molar refractivity (Wildman–Crippen MR) is 102 cm³/mol. The lowest BCUT2D eigenvalue weighted by molar-refractivity contribution is -0.384. The quantitative estimate of drug-likeness (QED) is 0.344. The standard InChI is InChI=1S/C14H8N4O12S2/c19-13(20)5-1-7(17(23)24)11-9(3-5)31(27,28)16-12-8(18(25)26)2-6(14(21)22)4-10(12)32(29,30)15-11/h1-4,15-16H,(H,19,20)(H,21,22). The lowest BCUT2D eigenvalue weighted by Gasteiger charge is -2.20. The number of nitro groups is 2. The van der Waals surface area contributed by atoms with Crippen molar-refractivity contribution in [2.75, 3.05) is 9.44 Å². The Labute approximate surface area is 176 Å². The van der Waals surface area contributed by atoms with Crippen molar-refractivity contribution in [3.05, 3.63) is 55.6 Å². The van der Waals surface area contributed by atoms with E-state index in [4.69, 9.17) is 10.2 Å². The van der Waals surface area contributed by atoms with Crippen molar-refractivity contribution in [2.45, 2.75) is 9.79 Å². The lowest BCUT2D eigenvalue weighted by Crippen LogP contribution is -2.26. The summed E-state index contributed by atoms with van der Waals surface area (Å²) in [7, 11) is -10.1. The van der Waals surface area contributed by atoms with Crippen LogP contribution in [0, 0.1) is 20.2 Å². The van der Waals surface area contributed by atoms with E-state index in [-0.39, 0.29) is 0 Å². The number of hydrogen-bond donors (Lipinski definition) is 4. The minimum Gasteiger partial charge on any atom is -0.478 e. The fourth-order valence-corrected chi connectivity index (χ4v) is 5.47. The number of carboxylic acid groups (broad SMARTS) is 2. The molecule has 0 spiro atoms. The molecule has 0 saturated heterocycles. The third-order valence-electron chi connectivity index (χ3n) is 4.10. The van der Waals surface area contributed by atoms with Gasteiger partial charge in [-0.2, -0.15) is 0 Å². The van der Waals surface area contributed by atoms with E-state index in [1.807, 2.05) is 0 Å². The molecular formula is C14H8N4O12S2. The van der Waals surface area contributed by atoms with Crippen LogP contribution in [-0.4, -0.2) is 48.8 Å². The maximum absolute atomic E-state index is 12.9. The van der Waals surface area contributed by atoms with Crippen molar-refractivity contribution >= 4 is 54.7 Å². The maximum Gasteiger partial charge on any atom is 0.335 e. The number of sulfonamides is 2. The second-order valence-electron chi connectivity index (χ2n) is 6.07. The molecule has 168 valence electrons. The number of benzene rings is 2. The molecule has 0 unspecified atom stereocenters. The average Bonchev–Trinajstić information content (AvgIpc) is 2.65. The third kappa shape index (κ3) is 3.63.